The lowest BCUT2D eigenvalue weighted by atomic mass is 9.77. The molecule has 0 bridgehead atoms. The van der Waals surface area contributed by atoms with Gasteiger partial charge in [0.15, 0.2) is 0 Å². The zero-order chi connectivity index (χ0) is 12.6. The molecule has 0 aliphatic carbocycles. The summed E-state index contributed by atoms with van der Waals surface area (Å²) < 4.78 is 0. The lowest BCUT2D eigenvalue weighted by Crippen LogP contribution is -2.49. The smallest absolute Gasteiger partial charge is 0.312 e. The van der Waals surface area contributed by atoms with Crippen LogP contribution in [0, 0.1) is 5.41 Å². The minimum absolute atomic E-state index is 0.0214. The van der Waals surface area contributed by atoms with E-state index in [0.717, 1.165) is 32.2 Å². The number of fused-ring (bicyclic) bond motifs is 1. The van der Waals surface area contributed by atoms with Gasteiger partial charge in [-0.1, -0.05) is 27.2 Å². The molecule has 2 saturated heterocycles. The summed E-state index contributed by atoms with van der Waals surface area (Å²) >= 11 is 0. The monoisotopic (exact) mass is 238 g/mol. The van der Waals surface area contributed by atoms with Crippen molar-refractivity contribution in [2.24, 2.45) is 5.41 Å². The van der Waals surface area contributed by atoms with Crippen LogP contribution in [0.2, 0.25) is 0 Å². The Kier molecular flexibility index (Phi) is 3.15. The fourth-order valence-corrected chi connectivity index (χ4v) is 2.99. The Hall–Kier alpha value is -1.06. The maximum absolute atomic E-state index is 12.3. The van der Waals surface area contributed by atoms with Gasteiger partial charge in [-0.3, -0.25) is 9.69 Å². The van der Waals surface area contributed by atoms with Crippen LogP contribution in [0.1, 0.15) is 46.5 Å². The average Bonchev–Trinajstić information content (AvgIpc) is 2.50. The van der Waals surface area contributed by atoms with Crippen molar-refractivity contribution < 1.29 is 9.59 Å². The number of piperidine rings is 1. The van der Waals surface area contributed by atoms with Crippen molar-refractivity contribution in [3.05, 3.63) is 0 Å². The summed E-state index contributed by atoms with van der Waals surface area (Å²) in [7, 11) is 0. The second kappa shape index (κ2) is 4.31. The first-order chi connectivity index (χ1) is 7.99. The number of imide groups is 1. The summed E-state index contributed by atoms with van der Waals surface area (Å²) in [6, 6.07) is -0.290. The van der Waals surface area contributed by atoms with Crippen molar-refractivity contribution in [1.29, 1.82) is 0 Å². The Morgan fingerprint density at radius 1 is 1.35 bits per heavy atom. The van der Waals surface area contributed by atoms with Crippen molar-refractivity contribution in [1.82, 2.24) is 9.80 Å². The van der Waals surface area contributed by atoms with Gasteiger partial charge in [-0.25, -0.2) is 4.79 Å². The molecule has 2 aliphatic heterocycles. The second-order valence-electron chi connectivity index (χ2n) is 5.81. The molecule has 3 amide bonds. The van der Waals surface area contributed by atoms with Gasteiger partial charge in [0.1, 0.15) is 6.04 Å². The molecule has 96 valence electrons. The van der Waals surface area contributed by atoms with Gasteiger partial charge in [-0.15, -0.1) is 0 Å². The number of nitrogens with zero attached hydrogens (tertiary/aromatic N) is 2. The molecule has 2 rings (SSSR count). The summed E-state index contributed by atoms with van der Waals surface area (Å²) in [6.07, 6.45) is 3.93. The molecule has 2 heterocycles. The lowest BCUT2D eigenvalue weighted by Gasteiger charge is -2.39. The van der Waals surface area contributed by atoms with Crippen molar-refractivity contribution in [2.75, 3.05) is 13.1 Å². The summed E-state index contributed by atoms with van der Waals surface area (Å²) in [6.45, 7) is 7.58. The third-order valence-corrected chi connectivity index (χ3v) is 3.98. The van der Waals surface area contributed by atoms with Gasteiger partial charge in [0, 0.05) is 13.1 Å². The summed E-state index contributed by atoms with van der Waals surface area (Å²) in [5.41, 5.74) is -0.0774. The van der Waals surface area contributed by atoms with Crippen molar-refractivity contribution >= 4 is 11.9 Å². The Morgan fingerprint density at radius 2 is 2.06 bits per heavy atom. The minimum atomic E-state index is -0.222. The Balaban J connectivity index is 2.20. The topological polar surface area (TPSA) is 40.6 Å². The highest BCUT2D eigenvalue weighted by atomic mass is 16.2. The number of carbonyl (C=O) groups excluding carboxylic acids is 2. The first-order valence-electron chi connectivity index (χ1n) is 6.61. The highest BCUT2D eigenvalue weighted by molar-refractivity contribution is 6.04. The molecule has 0 aromatic rings. The van der Waals surface area contributed by atoms with Crippen molar-refractivity contribution in [3.63, 3.8) is 0 Å². The molecule has 2 aliphatic rings. The molecule has 4 heteroatoms. The zero-order valence-corrected chi connectivity index (χ0v) is 11.0. The molecule has 4 nitrogen and oxygen atoms in total. The van der Waals surface area contributed by atoms with Gasteiger partial charge in [0.25, 0.3) is 5.91 Å². The van der Waals surface area contributed by atoms with Crippen LogP contribution in [0.25, 0.3) is 0 Å². The van der Waals surface area contributed by atoms with Crippen LogP contribution >= 0.6 is 0 Å². The van der Waals surface area contributed by atoms with Gasteiger partial charge in [0.05, 0.1) is 0 Å². The fraction of sp³-hybridized carbons (Fsp3) is 0.846. The maximum atomic E-state index is 12.3. The van der Waals surface area contributed by atoms with E-state index >= 15 is 0 Å². The number of urea groups is 1. The molecule has 0 aromatic heterocycles. The second-order valence-corrected chi connectivity index (χ2v) is 5.81. The minimum Gasteiger partial charge on any atom is -0.312 e. The number of rotatable bonds is 3. The number of hydrogen-bond acceptors (Lipinski definition) is 2. The molecule has 17 heavy (non-hydrogen) atoms. The molecule has 0 saturated carbocycles. The quantitative estimate of drug-likeness (QED) is 0.707. The predicted octanol–water partition coefficient (Wildman–Crippen LogP) is 2.24. The number of hydrogen-bond donors (Lipinski definition) is 0. The van der Waals surface area contributed by atoms with E-state index in [2.05, 4.69) is 20.8 Å². The van der Waals surface area contributed by atoms with Gasteiger partial charge >= 0.3 is 6.03 Å². The predicted molar refractivity (Wildman–Crippen MR) is 65.5 cm³/mol. The van der Waals surface area contributed by atoms with E-state index in [0.29, 0.717) is 6.54 Å². The lowest BCUT2D eigenvalue weighted by molar-refractivity contribution is -0.132. The van der Waals surface area contributed by atoms with E-state index in [1.807, 2.05) is 0 Å². The van der Waals surface area contributed by atoms with Crippen LogP contribution in [0.4, 0.5) is 4.79 Å². The van der Waals surface area contributed by atoms with Gasteiger partial charge in [-0.05, 0) is 24.7 Å². The normalized spacial score (nSPS) is 27.6. The molecule has 0 spiro atoms. The fourth-order valence-electron chi connectivity index (χ4n) is 2.99. The first-order valence-corrected chi connectivity index (χ1v) is 6.61. The van der Waals surface area contributed by atoms with E-state index in [4.69, 9.17) is 0 Å². The summed E-state index contributed by atoms with van der Waals surface area (Å²) in [5, 5.41) is 0. The molecule has 2 fully saturated rings. The third kappa shape index (κ3) is 1.94. The van der Waals surface area contributed by atoms with Crippen LogP contribution < -0.4 is 0 Å². The molecule has 0 N–H and O–H groups in total. The van der Waals surface area contributed by atoms with Crippen molar-refractivity contribution in [3.8, 4) is 0 Å². The van der Waals surface area contributed by atoms with E-state index in [1.165, 1.54) is 4.90 Å². The molecule has 1 unspecified atom stereocenters. The maximum Gasteiger partial charge on any atom is 0.327 e. The number of unbranched alkanes of at least 4 members (excludes halogenated alkanes) is 1. The van der Waals surface area contributed by atoms with Crippen LogP contribution in [0.3, 0.4) is 0 Å². The SMILES string of the molecule is CCCCN1C(=O)C2N(CCCC2(C)C)C1=O. The number of carbonyl (C=O) groups is 2. The first kappa shape index (κ1) is 12.4. The zero-order valence-electron chi connectivity index (χ0n) is 11.0. The Bertz CT molecular complexity index is 338. The summed E-state index contributed by atoms with van der Waals surface area (Å²) in [4.78, 5) is 27.7. The molecule has 0 radical (unpaired) electrons. The molecular weight excluding hydrogens is 216 g/mol. The Morgan fingerprint density at radius 3 is 2.65 bits per heavy atom. The Labute approximate surface area is 103 Å². The standard InChI is InChI=1S/C13H22N2O2/c1-4-5-8-15-11(16)10-13(2,3)7-6-9-14(10)12(15)17/h10H,4-9H2,1-3H3. The van der Waals surface area contributed by atoms with E-state index in [1.54, 1.807) is 4.90 Å². The van der Waals surface area contributed by atoms with E-state index < -0.39 is 0 Å². The highest BCUT2D eigenvalue weighted by Gasteiger charge is 2.53. The van der Waals surface area contributed by atoms with Crippen molar-refractivity contribution in [2.45, 2.75) is 52.5 Å². The van der Waals surface area contributed by atoms with Crippen LogP contribution in [0.5, 0.6) is 0 Å². The van der Waals surface area contributed by atoms with Crippen LogP contribution in [-0.4, -0.2) is 40.9 Å². The van der Waals surface area contributed by atoms with Crippen LogP contribution in [-0.2, 0) is 4.79 Å². The van der Waals surface area contributed by atoms with Gasteiger partial charge in [-0.2, -0.15) is 0 Å². The largest absolute Gasteiger partial charge is 0.327 e. The number of amides is 3. The highest BCUT2D eigenvalue weighted by Crippen LogP contribution is 2.39. The molecular formula is C13H22N2O2. The van der Waals surface area contributed by atoms with E-state index in [9.17, 15) is 9.59 Å². The third-order valence-electron chi connectivity index (χ3n) is 3.98. The summed E-state index contributed by atoms with van der Waals surface area (Å²) in [5.74, 6) is 0.0214. The van der Waals surface area contributed by atoms with Crippen LogP contribution in [0.15, 0.2) is 0 Å². The molecule has 1 atom stereocenters. The van der Waals surface area contributed by atoms with E-state index in [-0.39, 0.29) is 23.4 Å². The van der Waals surface area contributed by atoms with Gasteiger partial charge in [0.2, 0.25) is 0 Å². The average molecular weight is 238 g/mol. The van der Waals surface area contributed by atoms with Gasteiger partial charge < -0.3 is 4.90 Å². The molecule has 0 aromatic carbocycles.